The molecule has 0 fully saturated rings. The summed E-state index contributed by atoms with van der Waals surface area (Å²) in [5.74, 6) is 0. The van der Waals surface area contributed by atoms with E-state index in [4.69, 9.17) is 0 Å². The maximum Gasteiger partial charge on any atom is 0.0542 e. The molecule has 4 aromatic carbocycles. The van der Waals surface area contributed by atoms with E-state index in [0.717, 1.165) is 0 Å². The van der Waals surface area contributed by atoms with Crippen molar-refractivity contribution in [2.24, 2.45) is 0 Å². The Morgan fingerprint density at radius 2 is 0.711 bits per heavy atom. The molecule has 8 rings (SSSR count). The SMILES string of the molecule is c1cc(-c2ccc(-c3ccc4c(c3)sc3c5ccc(-c6ccc(-c7ccsc7)cc6)cc5sc43)cc2)cs1. The Morgan fingerprint density at radius 1 is 0.342 bits per heavy atom. The molecular weight excluding hydrogens is 537 g/mol. The van der Waals surface area contributed by atoms with Crippen LogP contribution in [0.4, 0.5) is 0 Å². The first-order chi connectivity index (χ1) is 18.8. The predicted octanol–water partition coefficient (Wildman–Crippen LogP) is 12.1. The van der Waals surface area contributed by atoms with Crippen molar-refractivity contribution in [1.29, 1.82) is 0 Å². The fraction of sp³-hybridized carbons (Fsp3) is 0. The minimum atomic E-state index is 1.27. The van der Waals surface area contributed by atoms with Crippen molar-refractivity contribution in [1.82, 2.24) is 0 Å². The third-order valence-electron chi connectivity index (χ3n) is 7.23. The van der Waals surface area contributed by atoms with Crippen LogP contribution in [0, 0.1) is 0 Å². The van der Waals surface area contributed by atoms with Gasteiger partial charge in [-0.3, -0.25) is 0 Å². The summed E-state index contributed by atoms with van der Waals surface area (Å²) < 4.78 is 5.54. The first-order valence-electron chi connectivity index (χ1n) is 12.4. The van der Waals surface area contributed by atoms with Crippen molar-refractivity contribution in [3.8, 4) is 44.5 Å². The zero-order valence-electron chi connectivity index (χ0n) is 20.2. The molecule has 4 heteroatoms. The molecule has 180 valence electrons. The fourth-order valence-electron chi connectivity index (χ4n) is 5.18. The summed E-state index contributed by atoms with van der Waals surface area (Å²) in [5, 5.41) is 11.4. The topological polar surface area (TPSA) is 0 Å². The van der Waals surface area contributed by atoms with Crippen molar-refractivity contribution < 1.29 is 0 Å². The van der Waals surface area contributed by atoms with E-state index in [-0.39, 0.29) is 0 Å². The molecule has 0 radical (unpaired) electrons. The standard InChI is InChI=1S/C34H20S4/c1-5-23(27-13-15-35-19-27)6-2-21(1)25-9-11-29-31(17-25)37-34-30-12-10-26(18-32(30)38-33(29)34)22-3-7-24(8-4-22)28-14-16-36-20-28/h1-20H. The lowest BCUT2D eigenvalue weighted by molar-refractivity contribution is 1.64. The van der Waals surface area contributed by atoms with Gasteiger partial charge in [-0.25, -0.2) is 0 Å². The van der Waals surface area contributed by atoms with Gasteiger partial charge in [0.1, 0.15) is 0 Å². The predicted molar refractivity (Wildman–Crippen MR) is 172 cm³/mol. The van der Waals surface area contributed by atoms with Crippen LogP contribution in [0.2, 0.25) is 0 Å². The minimum absolute atomic E-state index is 1.27. The molecule has 0 nitrogen and oxygen atoms in total. The maximum absolute atomic E-state index is 2.36. The van der Waals surface area contributed by atoms with E-state index in [1.165, 1.54) is 74.1 Å². The Bertz CT molecular complexity index is 1880. The third-order valence-corrected chi connectivity index (χ3v) is 11.1. The van der Waals surface area contributed by atoms with E-state index in [1.54, 1.807) is 22.7 Å². The highest BCUT2D eigenvalue weighted by atomic mass is 32.1. The summed E-state index contributed by atoms with van der Waals surface area (Å²) in [6.07, 6.45) is 0. The monoisotopic (exact) mass is 556 g/mol. The lowest BCUT2D eigenvalue weighted by Crippen LogP contribution is -1.79. The van der Waals surface area contributed by atoms with Gasteiger partial charge in [-0.1, -0.05) is 72.8 Å². The van der Waals surface area contributed by atoms with Crippen molar-refractivity contribution in [3.05, 3.63) is 119 Å². The number of thiophene rings is 4. The smallest absolute Gasteiger partial charge is 0.0542 e. The first-order valence-corrected chi connectivity index (χ1v) is 16.0. The summed E-state index contributed by atoms with van der Waals surface area (Å²) in [6, 6.07) is 36.2. The quantitative estimate of drug-likeness (QED) is 0.202. The van der Waals surface area contributed by atoms with E-state index >= 15 is 0 Å². The number of rotatable bonds is 4. The molecule has 8 aromatic rings. The lowest BCUT2D eigenvalue weighted by atomic mass is 10.0. The molecule has 4 heterocycles. The van der Waals surface area contributed by atoms with E-state index in [2.05, 4.69) is 119 Å². The Hall–Kier alpha value is -3.54. The molecule has 0 N–H and O–H groups in total. The van der Waals surface area contributed by atoms with E-state index in [0.29, 0.717) is 0 Å². The highest BCUT2D eigenvalue weighted by molar-refractivity contribution is 7.36. The summed E-state index contributed by atoms with van der Waals surface area (Å²) in [4.78, 5) is 0. The summed E-state index contributed by atoms with van der Waals surface area (Å²) in [7, 11) is 0. The molecule has 0 saturated heterocycles. The molecule has 38 heavy (non-hydrogen) atoms. The molecule has 0 aliphatic heterocycles. The van der Waals surface area contributed by atoms with E-state index in [9.17, 15) is 0 Å². The Morgan fingerprint density at radius 3 is 1.08 bits per heavy atom. The molecule has 0 bridgehead atoms. The van der Waals surface area contributed by atoms with Crippen LogP contribution in [-0.4, -0.2) is 0 Å². The van der Waals surface area contributed by atoms with Gasteiger partial charge >= 0.3 is 0 Å². The van der Waals surface area contributed by atoms with Crippen molar-refractivity contribution in [2.45, 2.75) is 0 Å². The molecule has 4 aromatic heterocycles. The molecule has 0 saturated carbocycles. The van der Waals surface area contributed by atoms with Gasteiger partial charge in [-0.2, -0.15) is 22.7 Å². The van der Waals surface area contributed by atoms with Gasteiger partial charge < -0.3 is 0 Å². The zero-order valence-corrected chi connectivity index (χ0v) is 23.4. The minimum Gasteiger partial charge on any atom is -0.152 e. The number of fused-ring (bicyclic) bond motifs is 5. The summed E-state index contributed by atoms with van der Waals surface area (Å²) in [6.45, 7) is 0. The zero-order chi connectivity index (χ0) is 25.1. The number of hydrogen-bond acceptors (Lipinski definition) is 4. The van der Waals surface area contributed by atoms with Crippen molar-refractivity contribution >= 4 is 74.9 Å². The van der Waals surface area contributed by atoms with Gasteiger partial charge in [0.05, 0.1) is 9.40 Å². The highest BCUT2D eigenvalue weighted by Crippen LogP contribution is 2.46. The van der Waals surface area contributed by atoms with E-state index in [1.807, 2.05) is 22.7 Å². The Balaban J connectivity index is 1.14. The van der Waals surface area contributed by atoms with E-state index < -0.39 is 0 Å². The van der Waals surface area contributed by atoms with Gasteiger partial charge in [0.15, 0.2) is 0 Å². The molecule has 0 spiro atoms. The average molecular weight is 557 g/mol. The largest absolute Gasteiger partial charge is 0.152 e. The van der Waals surface area contributed by atoms with Crippen LogP contribution in [0.1, 0.15) is 0 Å². The van der Waals surface area contributed by atoms with Crippen LogP contribution in [0.25, 0.3) is 74.1 Å². The molecular formula is C34H20S4. The molecule has 0 unspecified atom stereocenters. The highest BCUT2D eigenvalue weighted by Gasteiger charge is 2.14. The Kier molecular flexibility index (Phi) is 5.34. The van der Waals surface area contributed by atoms with Crippen LogP contribution in [0.15, 0.2) is 119 Å². The molecule has 0 amide bonds. The van der Waals surface area contributed by atoms with Gasteiger partial charge in [-0.05, 0) is 90.3 Å². The second-order valence-electron chi connectivity index (χ2n) is 9.46. The average Bonchev–Trinajstić information content (AvgIpc) is 3.78. The first kappa shape index (κ1) is 22.4. The fourth-order valence-corrected chi connectivity index (χ4v) is 9.24. The normalized spacial score (nSPS) is 11.7. The maximum atomic E-state index is 2.36. The molecule has 0 aliphatic carbocycles. The molecule has 0 aliphatic rings. The van der Waals surface area contributed by atoms with Gasteiger partial charge in [0.25, 0.3) is 0 Å². The summed E-state index contributed by atoms with van der Waals surface area (Å²) >= 11 is 7.33. The lowest BCUT2D eigenvalue weighted by Gasteiger charge is -2.05. The van der Waals surface area contributed by atoms with Crippen molar-refractivity contribution in [3.63, 3.8) is 0 Å². The van der Waals surface area contributed by atoms with Crippen molar-refractivity contribution in [2.75, 3.05) is 0 Å². The van der Waals surface area contributed by atoms with Crippen LogP contribution in [-0.2, 0) is 0 Å². The van der Waals surface area contributed by atoms with Crippen LogP contribution in [0.3, 0.4) is 0 Å². The van der Waals surface area contributed by atoms with Crippen LogP contribution < -0.4 is 0 Å². The van der Waals surface area contributed by atoms with Gasteiger partial charge in [0, 0.05) is 20.2 Å². The number of hydrogen-bond donors (Lipinski definition) is 0. The molecule has 0 atom stereocenters. The summed E-state index contributed by atoms with van der Waals surface area (Å²) in [5.41, 5.74) is 10.2. The van der Waals surface area contributed by atoms with Gasteiger partial charge in [-0.15, -0.1) is 22.7 Å². The second-order valence-corrected chi connectivity index (χ2v) is 13.1. The third kappa shape index (κ3) is 3.76. The Labute approximate surface area is 236 Å². The van der Waals surface area contributed by atoms with Gasteiger partial charge in [0.2, 0.25) is 0 Å². The van der Waals surface area contributed by atoms with Crippen LogP contribution in [0.5, 0.6) is 0 Å². The second kappa shape index (κ2) is 9.04. The number of benzene rings is 4. The van der Waals surface area contributed by atoms with Crippen LogP contribution >= 0.6 is 45.3 Å².